The molecule has 0 spiro atoms. The maximum atomic E-state index is 5.47. The summed E-state index contributed by atoms with van der Waals surface area (Å²) in [6.07, 6.45) is 10.7. The Morgan fingerprint density at radius 3 is 2.46 bits per heavy atom. The second-order valence-corrected chi connectivity index (χ2v) is 7.13. The summed E-state index contributed by atoms with van der Waals surface area (Å²) >= 11 is 0. The molecular formula is C19H38N4O. The van der Waals surface area contributed by atoms with Crippen LogP contribution in [0.4, 0.5) is 0 Å². The van der Waals surface area contributed by atoms with Gasteiger partial charge in [0.25, 0.3) is 0 Å². The van der Waals surface area contributed by atoms with Gasteiger partial charge in [0.05, 0.1) is 13.2 Å². The van der Waals surface area contributed by atoms with E-state index in [1.807, 2.05) is 7.05 Å². The van der Waals surface area contributed by atoms with Gasteiger partial charge in [-0.05, 0) is 12.8 Å². The highest BCUT2D eigenvalue weighted by molar-refractivity contribution is 5.80. The maximum Gasteiger partial charge on any atom is 0.193 e. The first-order chi connectivity index (χ1) is 11.8. The number of aliphatic imine (C=N–C) groups is 1. The topological polar surface area (TPSA) is 40.1 Å². The van der Waals surface area contributed by atoms with E-state index in [2.05, 4.69) is 27.0 Å². The standard InChI is InChI=1S/C19H38N4O/c1-3-4-5-6-7-8-9-11-21-19(20-2)23-12-10-18(17-23)22-13-15-24-16-14-22/h18H,3-17H2,1-2H3,(H,20,21). The Labute approximate surface area is 148 Å². The number of guanidine groups is 1. The molecule has 0 aromatic carbocycles. The number of hydrogen-bond acceptors (Lipinski definition) is 3. The average molecular weight is 339 g/mol. The van der Waals surface area contributed by atoms with E-state index >= 15 is 0 Å². The molecule has 1 N–H and O–H groups in total. The first-order valence-corrected chi connectivity index (χ1v) is 10.1. The number of likely N-dealkylation sites (tertiary alicyclic amines) is 1. The van der Waals surface area contributed by atoms with Crippen molar-refractivity contribution in [3.8, 4) is 0 Å². The molecule has 140 valence electrons. The minimum absolute atomic E-state index is 0.672. The molecule has 24 heavy (non-hydrogen) atoms. The van der Waals surface area contributed by atoms with E-state index in [9.17, 15) is 0 Å². The molecule has 0 radical (unpaired) electrons. The predicted octanol–water partition coefficient (Wildman–Crippen LogP) is 2.72. The molecule has 2 fully saturated rings. The third kappa shape index (κ3) is 6.60. The van der Waals surface area contributed by atoms with Crippen molar-refractivity contribution in [2.45, 2.75) is 64.3 Å². The van der Waals surface area contributed by atoms with Crippen LogP contribution in [0.3, 0.4) is 0 Å². The summed E-state index contributed by atoms with van der Waals surface area (Å²) < 4.78 is 5.47. The van der Waals surface area contributed by atoms with Crippen LogP contribution in [-0.4, -0.2) is 74.8 Å². The van der Waals surface area contributed by atoms with E-state index in [4.69, 9.17) is 4.74 Å². The molecule has 2 heterocycles. The van der Waals surface area contributed by atoms with Crippen LogP contribution in [0, 0.1) is 0 Å². The SMILES string of the molecule is CCCCCCCCCNC(=NC)N1CCC(N2CCOCC2)C1. The lowest BCUT2D eigenvalue weighted by Gasteiger charge is -2.32. The largest absolute Gasteiger partial charge is 0.379 e. The van der Waals surface area contributed by atoms with Gasteiger partial charge in [0.2, 0.25) is 0 Å². The molecule has 0 amide bonds. The zero-order valence-electron chi connectivity index (χ0n) is 15.9. The van der Waals surface area contributed by atoms with E-state index in [-0.39, 0.29) is 0 Å². The summed E-state index contributed by atoms with van der Waals surface area (Å²) in [5.74, 6) is 1.09. The smallest absolute Gasteiger partial charge is 0.193 e. The van der Waals surface area contributed by atoms with Gasteiger partial charge in [-0.2, -0.15) is 0 Å². The van der Waals surface area contributed by atoms with E-state index in [1.54, 1.807) is 0 Å². The Hall–Kier alpha value is -0.810. The molecule has 0 aromatic rings. The molecule has 0 bridgehead atoms. The third-order valence-corrected chi connectivity index (χ3v) is 5.30. The highest BCUT2D eigenvalue weighted by atomic mass is 16.5. The number of nitrogens with one attached hydrogen (secondary N) is 1. The number of ether oxygens (including phenoxy) is 1. The second kappa shape index (κ2) is 11.7. The van der Waals surface area contributed by atoms with Gasteiger partial charge in [0.15, 0.2) is 5.96 Å². The molecule has 2 rings (SSSR count). The van der Waals surface area contributed by atoms with Crippen molar-refractivity contribution >= 4 is 5.96 Å². The summed E-state index contributed by atoms with van der Waals surface area (Å²) in [6.45, 7) is 9.51. The summed E-state index contributed by atoms with van der Waals surface area (Å²) in [7, 11) is 1.91. The summed E-state index contributed by atoms with van der Waals surface area (Å²) in [6, 6.07) is 0.672. The second-order valence-electron chi connectivity index (χ2n) is 7.13. The van der Waals surface area contributed by atoms with Crippen LogP contribution in [-0.2, 0) is 4.74 Å². The molecule has 0 aromatic heterocycles. The van der Waals surface area contributed by atoms with Crippen molar-refractivity contribution in [2.75, 3.05) is 53.0 Å². The molecule has 1 unspecified atom stereocenters. The molecule has 0 aliphatic carbocycles. The van der Waals surface area contributed by atoms with E-state index in [1.165, 1.54) is 51.4 Å². The Balaban J connectivity index is 1.58. The Kier molecular flexibility index (Phi) is 9.51. The summed E-state index contributed by atoms with van der Waals surface area (Å²) in [5, 5.41) is 3.57. The van der Waals surface area contributed by atoms with Crippen LogP contribution in [0.25, 0.3) is 0 Å². The van der Waals surface area contributed by atoms with Crippen molar-refractivity contribution in [1.82, 2.24) is 15.1 Å². The molecule has 2 saturated heterocycles. The summed E-state index contributed by atoms with van der Waals surface area (Å²) in [5.41, 5.74) is 0. The number of morpholine rings is 1. The van der Waals surface area contributed by atoms with Gasteiger partial charge in [-0.1, -0.05) is 45.4 Å². The fourth-order valence-electron chi connectivity index (χ4n) is 3.79. The van der Waals surface area contributed by atoms with Gasteiger partial charge < -0.3 is 15.0 Å². The van der Waals surface area contributed by atoms with Crippen molar-refractivity contribution in [3.63, 3.8) is 0 Å². The molecule has 2 aliphatic heterocycles. The molecular weight excluding hydrogens is 300 g/mol. The van der Waals surface area contributed by atoms with Crippen molar-refractivity contribution < 1.29 is 4.74 Å². The number of hydrogen-bond donors (Lipinski definition) is 1. The predicted molar refractivity (Wildman–Crippen MR) is 102 cm³/mol. The third-order valence-electron chi connectivity index (χ3n) is 5.30. The first-order valence-electron chi connectivity index (χ1n) is 10.1. The van der Waals surface area contributed by atoms with Crippen LogP contribution < -0.4 is 5.32 Å². The minimum Gasteiger partial charge on any atom is -0.379 e. The van der Waals surface area contributed by atoms with E-state index in [0.29, 0.717) is 6.04 Å². The fraction of sp³-hybridized carbons (Fsp3) is 0.947. The minimum atomic E-state index is 0.672. The number of nitrogens with zero attached hydrogens (tertiary/aromatic N) is 3. The van der Waals surface area contributed by atoms with Crippen LogP contribution in [0.5, 0.6) is 0 Å². The fourth-order valence-corrected chi connectivity index (χ4v) is 3.79. The van der Waals surface area contributed by atoms with E-state index < -0.39 is 0 Å². The quantitative estimate of drug-likeness (QED) is 0.399. The highest BCUT2D eigenvalue weighted by Gasteiger charge is 2.30. The Morgan fingerprint density at radius 1 is 1.04 bits per heavy atom. The van der Waals surface area contributed by atoms with Gasteiger partial charge in [-0.15, -0.1) is 0 Å². The number of unbranched alkanes of at least 4 members (excludes halogenated alkanes) is 6. The maximum absolute atomic E-state index is 5.47. The highest BCUT2D eigenvalue weighted by Crippen LogP contribution is 2.17. The van der Waals surface area contributed by atoms with Crippen molar-refractivity contribution in [2.24, 2.45) is 4.99 Å². The van der Waals surface area contributed by atoms with Crippen LogP contribution >= 0.6 is 0 Å². The van der Waals surface area contributed by atoms with Gasteiger partial charge in [-0.25, -0.2) is 0 Å². The van der Waals surface area contributed by atoms with E-state index in [0.717, 1.165) is 51.9 Å². The molecule has 0 saturated carbocycles. The van der Waals surface area contributed by atoms with Crippen molar-refractivity contribution in [1.29, 1.82) is 0 Å². The molecule has 1 atom stereocenters. The molecule has 5 nitrogen and oxygen atoms in total. The van der Waals surface area contributed by atoms with Crippen LogP contribution in [0.1, 0.15) is 58.3 Å². The lowest BCUT2D eigenvalue weighted by Crippen LogP contribution is -2.46. The van der Waals surface area contributed by atoms with Gasteiger partial charge in [0.1, 0.15) is 0 Å². The van der Waals surface area contributed by atoms with Crippen molar-refractivity contribution in [3.05, 3.63) is 0 Å². The van der Waals surface area contributed by atoms with Gasteiger partial charge >= 0.3 is 0 Å². The Morgan fingerprint density at radius 2 is 1.75 bits per heavy atom. The lowest BCUT2D eigenvalue weighted by atomic mass is 10.1. The van der Waals surface area contributed by atoms with Crippen LogP contribution in [0.2, 0.25) is 0 Å². The lowest BCUT2D eigenvalue weighted by molar-refractivity contribution is 0.0195. The molecule has 5 heteroatoms. The normalized spacial score (nSPS) is 23.0. The molecule has 2 aliphatic rings. The van der Waals surface area contributed by atoms with Gasteiger partial charge in [-0.3, -0.25) is 9.89 Å². The van der Waals surface area contributed by atoms with Gasteiger partial charge in [0, 0.05) is 45.8 Å². The zero-order chi connectivity index (χ0) is 17.0. The van der Waals surface area contributed by atoms with Crippen LogP contribution in [0.15, 0.2) is 4.99 Å². The number of rotatable bonds is 9. The summed E-state index contributed by atoms with van der Waals surface area (Å²) in [4.78, 5) is 9.52. The first kappa shape index (κ1) is 19.5. The Bertz CT molecular complexity index is 355. The zero-order valence-corrected chi connectivity index (χ0v) is 15.9. The average Bonchev–Trinajstić information content (AvgIpc) is 3.11. The monoisotopic (exact) mass is 338 g/mol.